The van der Waals surface area contributed by atoms with E-state index in [-0.39, 0.29) is 6.79 Å². The number of hydrogen-bond donors (Lipinski definition) is 0. The highest BCUT2D eigenvalue weighted by Crippen LogP contribution is 2.07. The molecule has 0 aliphatic heterocycles. The van der Waals surface area contributed by atoms with Crippen molar-refractivity contribution in [2.75, 3.05) is 13.4 Å². The summed E-state index contributed by atoms with van der Waals surface area (Å²) in [6, 6.07) is 7.54. The summed E-state index contributed by atoms with van der Waals surface area (Å²) in [7, 11) is 0. The summed E-state index contributed by atoms with van der Waals surface area (Å²) in [6.07, 6.45) is 1.66. The molecule has 0 saturated heterocycles. The first-order chi connectivity index (χ1) is 7.42. The van der Waals surface area contributed by atoms with Crippen LogP contribution in [0.2, 0.25) is 0 Å². The Morgan fingerprint density at radius 2 is 2.27 bits per heavy atom. The van der Waals surface area contributed by atoms with Gasteiger partial charge in [-0.25, -0.2) is 0 Å². The lowest BCUT2D eigenvalue weighted by Gasteiger charge is -2.04. The van der Waals surface area contributed by atoms with Gasteiger partial charge in [-0.3, -0.25) is 0 Å². The zero-order chi connectivity index (χ0) is 10.5. The van der Waals surface area contributed by atoms with Gasteiger partial charge in [-0.05, 0) is 17.3 Å². The van der Waals surface area contributed by atoms with Gasteiger partial charge in [-0.15, -0.1) is 11.7 Å². The van der Waals surface area contributed by atoms with Gasteiger partial charge in [0.05, 0.1) is 6.61 Å². The second-order valence-corrected chi connectivity index (χ2v) is 2.86. The average molecular weight is 205 g/mol. The normalized spacial score (nSPS) is 10.4. The second kappa shape index (κ2) is 4.56. The monoisotopic (exact) mass is 205 g/mol. The second-order valence-electron chi connectivity index (χ2n) is 2.86. The maximum atomic E-state index is 5.23. The molecule has 0 radical (unpaired) electrons. The summed E-state index contributed by atoms with van der Waals surface area (Å²) in [5.74, 6) is 0. The first-order valence-corrected chi connectivity index (χ1v) is 4.54. The predicted molar refractivity (Wildman–Crippen MR) is 55.1 cm³/mol. The first-order valence-electron chi connectivity index (χ1n) is 4.54. The Kier molecular flexibility index (Phi) is 2.94. The number of ether oxygens (including phenoxy) is 1. The Morgan fingerprint density at radius 3 is 3.13 bits per heavy atom. The van der Waals surface area contributed by atoms with Crippen molar-refractivity contribution in [1.29, 1.82) is 0 Å². The van der Waals surface area contributed by atoms with Crippen molar-refractivity contribution in [3.63, 3.8) is 0 Å². The fraction of sp³-hybridized carbons (Fsp3) is 0.200. The van der Waals surface area contributed by atoms with E-state index < -0.39 is 0 Å². The molecule has 0 fully saturated rings. The Labute approximate surface area is 86.9 Å². The maximum absolute atomic E-state index is 5.23. The molecule has 5 heteroatoms. The molecular weight excluding hydrogens is 194 g/mol. The first kappa shape index (κ1) is 9.67. The minimum absolute atomic E-state index is 0.124. The molecule has 2 rings (SSSR count). The Balaban J connectivity index is 2.05. The highest BCUT2D eigenvalue weighted by Gasteiger charge is 2.02. The largest absolute Gasteiger partial charge is 0.366 e. The molecule has 0 aliphatic rings. The van der Waals surface area contributed by atoms with E-state index in [1.165, 1.54) is 4.85 Å². The van der Waals surface area contributed by atoms with Gasteiger partial charge >= 0.3 is 0 Å². The topological polar surface area (TPSA) is 49.2 Å². The van der Waals surface area contributed by atoms with E-state index in [0.717, 1.165) is 11.0 Å². The van der Waals surface area contributed by atoms with Gasteiger partial charge in [-0.2, -0.15) is 0 Å². The van der Waals surface area contributed by atoms with Gasteiger partial charge in [0.1, 0.15) is 11.0 Å². The zero-order valence-electron chi connectivity index (χ0n) is 8.17. The van der Waals surface area contributed by atoms with Crippen LogP contribution in [0.25, 0.3) is 11.0 Å². The SMILES string of the molecule is C=CCOCOn1nnc2ccccc21. The molecule has 0 atom stereocenters. The van der Waals surface area contributed by atoms with Crippen molar-refractivity contribution >= 4 is 11.0 Å². The number of nitrogens with zero attached hydrogens (tertiary/aromatic N) is 3. The molecule has 15 heavy (non-hydrogen) atoms. The van der Waals surface area contributed by atoms with Crippen LogP contribution in [0.1, 0.15) is 0 Å². The Hall–Kier alpha value is -1.88. The van der Waals surface area contributed by atoms with Gasteiger partial charge in [-0.1, -0.05) is 23.1 Å². The third-order valence-corrected chi connectivity index (χ3v) is 1.82. The fourth-order valence-corrected chi connectivity index (χ4v) is 1.16. The summed E-state index contributed by atoms with van der Waals surface area (Å²) < 4.78 is 5.08. The standard InChI is InChI=1S/C10H11N3O2/c1-2-7-14-8-15-13-10-6-4-3-5-9(10)11-12-13/h2-6H,1,7-8H2. The lowest BCUT2D eigenvalue weighted by molar-refractivity contribution is -0.0598. The number of rotatable bonds is 5. The van der Waals surface area contributed by atoms with E-state index in [4.69, 9.17) is 9.57 Å². The molecule has 1 heterocycles. The van der Waals surface area contributed by atoms with Gasteiger partial charge in [0, 0.05) is 0 Å². The van der Waals surface area contributed by atoms with Crippen molar-refractivity contribution in [2.24, 2.45) is 0 Å². The van der Waals surface area contributed by atoms with Crippen LogP contribution in [0.3, 0.4) is 0 Å². The van der Waals surface area contributed by atoms with Gasteiger partial charge in [0.2, 0.25) is 6.79 Å². The van der Waals surface area contributed by atoms with Crippen LogP contribution in [-0.4, -0.2) is 28.6 Å². The molecule has 78 valence electrons. The van der Waals surface area contributed by atoms with E-state index in [2.05, 4.69) is 16.9 Å². The Bertz CT molecular complexity index is 453. The third kappa shape index (κ3) is 2.13. The van der Waals surface area contributed by atoms with E-state index in [1.807, 2.05) is 24.3 Å². The summed E-state index contributed by atoms with van der Waals surface area (Å²) in [6.45, 7) is 4.11. The van der Waals surface area contributed by atoms with Crippen molar-refractivity contribution in [3.05, 3.63) is 36.9 Å². The van der Waals surface area contributed by atoms with E-state index in [1.54, 1.807) is 6.08 Å². The van der Waals surface area contributed by atoms with Crippen LogP contribution in [-0.2, 0) is 4.74 Å². The van der Waals surface area contributed by atoms with Gasteiger partial charge in [0.25, 0.3) is 0 Å². The maximum Gasteiger partial charge on any atom is 0.216 e. The molecular formula is C10H11N3O2. The molecule has 0 spiro atoms. The molecule has 0 aliphatic carbocycles. The van der Waals surface area contributed by atoms with Crippen molar-refractivity contribution in [1.82, 2.24) is 15.2 Å². The van der Waals surface area contributed by atoms with Crippen molar-refractivity contribution in [2.45, 2.75) is 0 Å². The zero-order valence-corrected chi connectivity index (χ0v) is 8.17. The summed E-state index contributed by atoms with van der Waals surface area (Å²) in [5.41, 5.74) is 1.61. The van der Waals surface area contributed by atoms with Crippen LogP contribution in [0.4, 0.5) is 0 Å². The summed E-state index contributed by atoms with van der Waals surface area (Å²) in [4.78, 5) is 6.58. The number of hydrogen-bond acceptors (Lipinski definition) is 4. The number of benzene rings is 1. The molecule has 0 saturated carbocycles. The van der Waals surface area contributed by atoms with Crippen molar-refractivity contribution in [3.8, 4) is 0 Å². The fourth-order valence-electron chi connectivity index (χ4n) is 1.16. The molecule has 0 bridgehead atoms. The van der Waals surface area contributed by atoms with Gasteiger partial charge in [0.15, 0.2) is 0 Å². The van der Waals surface area contributed by atoms with Crippen LogP contribution >= 0.6 is 0 Å². The highest BCUT2D eigenvalue weighted by molar-refractivity contribution is 5.73. The van der Waals surface area contributed by atoms with Crippen molar-refractivity contribution < 1.29 is 9.57 Å². The predicted octanol–water partition coefficient (Wildman–Crippen LogP) is 1.02. The van der Waals surface area contributed by atoms with Gasteiger partial charge < -0.3 is 9.57 Å². The lowest BCUT2D eigenvalue weighted by atomic mass is 10.3. The molecule has 5 nitrogen and oxygen atoms in total. The average Bonchev–Trinajstić information content (AvgIpc) is 2.68. The van der Waals surface area contributed by atoms with Crippen LogP contribution in [0.15, 0.2) is 36.9 Å². The van der Waals surface area contributed by atoms with E-state index in [9.17, 15) is 0 Å². The van der Waals surface area contributed by atoms with Crippen LogP contribution in [0.5, 0.6) is 0 Å². The molecule has 1 aromatic carbocycles. The van der Waals surface area contributed by atoms with Crippen LogP contribution < -0.4 is 4.84 Å². The smallest absolute Gasteiger partial charge is 0.216 e. The molecule has 0 unspecified atom stereocenters. The van der Waals surface area contributed by atoms with E-state index in [0.29, 0.717) is 6.61 Å². The minimum Gasteiger partial charge on any atom is -0.366 e. The summed E-state index contributed by atoms with van der Waals surface area (Å²) in [5, 5.41) is 7.76. The summed E-state index contributed by atoms with van der Waals surface area (Å²) >= 11 is 0. The Morgan fingerprint density at radius 1 is 1.40 bits per heavy atom. The number of fused-ring (bicyclic) bond motifs is 1. The molecule has 0 amide bonds. The molecule has 0 N–H and O–H groups in total. The molecule has 1 aromatic heterocycles. The lowest BCUT2D eigenvalue weighted by Crippen LogP contribution is -2.16. The number of aromatic nitrogens is 3. The quantitative estimate of drug-likeness (QED) is 0.415. The van der Waals surface area contributed by atoms with Crippen LogP contribution in [0, 0.1) is 0 Å². The third-order valence-electron chi connectivity index (χ3n) is 1.82. The number of para-hydroxylation sites is 1. The van der Waals surface area contributed by atoms with E-state index >= 15 is 0 Å². The molecule has 2 aromatic rings. The minimum atomic E-state index is 0.124. The highest BCUT2D eigenvalue weighted by atomic mass is 16.8.